The Morgan fingerprint density at radius 3 is 2.63 bits per heavy atom. The van der Waals surface area contributed by atoms with Gasteiger partial charge in [-0.15, -0.1) is 0 Å². The molecule has 0 saturated heterocycles. The van der Waals surface area contributed by atoms with E-state index in [0.717, 1.165) is 11.1 Å². The van der Waals surface area contributed by atoms with E-state index in [4.69, 9.17) is 0 Å². The Morgan fingerprint density at radius 1 is 1.32 bits per heavy atom. The number of carbonyl (C=O) groups excluding carboxylic acids is 1. The average molecular weight is 257 g/mol. The molecule has 0 bridgehead atoms. The highest BCUT2D eigenvalue weighted by Crippen LogP contribution is 2.17. The maximum Gasteiger partial charge on any atom is 0.272 e. The van der Waals surface area contributed by atoms with Crippen LogP contribution in [0.4, 0.5) is 0 Å². The van der Waals surface area contributed by atoms with E-state index >= 15 is 0 Å². The van der Waals surface area contributed by atoms with Gasteiger partial charge in [0.1, 0.15) is 0 Å². The minimum atomic E-state index is -0.117. The number of carbonyl (C=O) groups is 1. The first-order chi connectivity index (χ1) is 9.08. The maximum absolute atomic E-state index is 12.2. The second kappa shape index (κ2) is 5.69. The summed E-state index contributed by atoms with van der Waals surface area (Å²) < 4.78 is 1.69. The topological polar surface area (TPSA) is 46.9 Å². The average Bonchev–Trinajstić information content (AvgIpc) is 2.79. The molecule has 2 aromatic rings. The Kier molecular flexibility index (Phi) is 4.00. The van der Waals surface area contributed by atoms with Crippen LogP contribution in [-0.2, 0) is 13.6 Å². The minimum Gasteiger partial charge on any atom is -0.347 e. The van der Waals surface area contributed by atoms with Crippen LogP contribution in [0.25, 0.3) is 0 Å². The molecular weight excluding hydrogens is 238 g/mol. The van der Waals surface area contributed by atoms with Crippen LogP contribution in [0.2, 0.25) is 0 Å². The van der Waals surface area contributed by atoms with E-state index in [2.05, 4.69) is 24.3 Å². The predicted molar refractivity (Wildman–Crippen MR) is 74.9 cm³/mol. The van der Waals surface area contributed by atoms with Crippen LogP contribution < -0.4 is 5.32 Å². The van der Waals surface area contributed by atoms with Gasteiger partial charge in [0.05, 0.1) is 0 Å². The van der Waals surface area contributed by atoms with E-state index in [9.17, 15) is 4.79 Å². The quantitative estimate of drug-likeness (QED) is 0.914. The molecule has 2 rings (SSSR count). The smallest absolute Gasteiger partial charge is 0.272 e. The minimum absolute atomic E-state index is 0.117. The molecule has 1 aromatic heterocycles. The summed E-state index contributed by atoms with van der Waals surface area (Å²) in [7, 11) is 1.83. The van der Waals surface area contributed by atoms with Gasteiger partial charge in [-0.3, -0.25) is 9.48 Å². The van der Waals surface area contributed by atoms with E-state index < -0.39 is 0 Å². The van der Waals surface area contributed by atoms with E-state index in [-0.39, 0.29) is 11.8 Å². The maximum atomic E-state index is 12.2. The van der Waals surface area contributed by atoms with Gasteiger partial charge in [0.25, 0.3) is 5.91 Å². The summed E-state index contributed by atoms with van der Waals surface area (Å²) in [5.74, 6) is 0.166. The van der Waals surface area contributed by atoms with Crippen LogP contribution >= 0.6 is 0 Å². The fourth-order valence-electron chi connectivity index (χ4n) is 1.97. The lowest BCUT2D eigenvalue weighted by Gasteiger charge is -2.06. The Labute approximate surface area is 113 Å². The number of rotatable bonds is 4. The molecule has 0 unspecified atom stereocenters. The number of benzene rings is 1. The molecule has 0 saturated carbocycles. The van der Waals surface area contributed by atoms with Crippen molar-refractivity contribution in [1.29, 1.82) is 0 Å². The fourth-order valence-corrected chi connectivity index (χ4v) is 1.97. The summed E-state index contributed by atoms with van der Waals surface area (Å²) in [4.78, 5) is 12.2. The summed E-state index contributed by atoms with van der Waals surface area (Å²) >= 11 is 0. The molecule has 1 N–H and O–H groups in total. The highest BCUT2D eigenvalue weighted by Gasteiger charge is 2.17. The number of amides is 1. The molecule has 1 amide bonds. The van der Waals surface area contributed by atoms with Crippen molar-refractivity contribution in [3.8, 4) is 0 Å². The Morgan fingerprint density at radius 2 is 2.00 bits per heavy atom. The van der Waals surface area contributed by atoms with E-state index in [1.54, 1.807) is 4.68 Å². The van der Waals surface area contributed by atoms with Crippen molar-refractivity contribution in [2.45, 2.75) is 26.3 Å². The van der Waals surface area contributed by atoms with Gasteiger partial charge in [-0.05, 0) is 11.5 Å². The molecule has 19 heavy (non-hydrogen) atoms. The predicted octanol–water partition coefficient (Wildman–Crippen LogP) is 2.47. The lowest BCUT2D eigenvalue weighted by atomic mass is 10.0. The molecule has 0 radical (unpaired) electrons. The number of hydrogen-bond acceptors (Lipinski definition) is 2. The number of nitrogens with one attached hydrogen (secondary N) is 1. The van der Waals surface area contributed by atoms with E-state index in [0.29, 0.717) is 12.2 Å². The molecule has 0 aliphatic heterocycles. The highest BCUT2D eigenvalue weighted by atomic mass is 16.1. The Bertz CT molecular complexity index is 558. The summed E-state index contributed by atoms with van der Waals surface area (Å²) in [6, 6.07) is 9.86. The van der Waals surface area contributed by atoms with Gasteiger partial charge in [-0.1, -0.05) is 44.2 Å². The first-order valence-electron chi connectivity index (χ1n) is 6.43. The number of nitrogens with zero attached hydrogens (tertiary/aromatic N) is 2. The summed E-state index contributed by atoms with van der Waals surface area (Å²) in [5.41, 5.74) is 2.58. The normalized spacial score (nSPS) is 10.7. The van der Waals surface area contributed by atoms with Crippen LogP contribution in [0.15, 0.2) is 36.5 Å². The van der Waals surface area contributed by atoms with Crippen molar-refractivity contribution >= 4 is 5.91 Å². The standard InChI is InChI=1S/C15H19N3O/c1-11(2)13-10-18(3)17-14(13)15(19)16-9-12-7-5-4-6-8-12/h4-8,10-11H,9H2,1-3H3,(H,16,19). The molecule has 0 spiro atoms. The van der Waals surface area contributed by atoms with Crippen molar-refractivity contribution in [3.05, 3.63) is 53.3 Å². The second-order valence-corrected chi connectivity index (χ2v) is 4.93. The van der Waals surface area contributed by atoms with Crippen molar-refractivity contribution in [2.75, 3.05) is 0 Å². The van der Waals surface area contributed by atoms with Gasteiger partial charge in [0.15, 0.2) is 5.69 Å². The van der Waals surface area contributed by atoms with Gasteiger partial charge >= 0.3 is 0 Å². The molecule has 0 aliphatic rings. The lowest BCUT2D eigenvalue weighted by Crippen LogP contribution is -2.24. The van der Waals surface area contributed by atoms with Crippen LogP contribution in [0.5, 0.6) is 0 Å². The third-order valence-electron chi connectivity index (χ3n) is 2.99. The van der Waals surface area contributed by atoms with Gasteiger partial charge in [-0.25, -0.2) is 0 Å². The molecule has 100 valence electrons. The van der Waals surface area contributed by atoms with Crippen molar-refractivity contribution in [2.24, 2.45) is 7.05 Å². The SMILES string of the molecule is CC(C)c1cn(C)nc1C(=O)NCc1ccccc1. The van der Waals surface area contributed by atoms with Crippen molar-refractivity contribution < 1.29 is 4.79 Å². The van der Waals surface area contributed by atoms with E-state index in [1.807, 2.05) is 43.6 Å². The summed E-state index contributed by atoms with van der Waals surface area (Å²) in [6.07, 6.45) is 1.90. The summed E-state index contributed by atoms with van der Waals surface area (Å²) in [6.45, 7) is 4.64. The molecule has 0 atom stereocenters. The Hall–Kier alpha value is -2.10. The third kappa shape index (κ3) is 3.22. The molecule has 0 aliphatic carbocycles. The van der Waals surface area contributed by atoms with Gasteiger partial charge in [0.2, 0.25) is 0 Å². The van der Waals surface area contributed by atoms with Crippen molar-refractivity contribution in [1.82, 2.24) is 15.1 Å². The Balaban J connectivity index is 2.08. The fraction of sp³-hybridized carbons (Fsp3) is 0.333. The largest absolute Gasteiger partial charge is 0.347 e. The number of hydrogen-bond donors (Lipinski definition) is 1. The van der Waals surface area contributed by atoms with E-state index in [1.165, 1.54) is 0 Å². The van der Waals surface area contributed by atoms with Crippen LogP contribution in [0, 0.1) is 0 Å². The van der Waals surface area contributed by atoms with Crippen molar-refractivity contribution in [3.63, 3.8) is 0 Å². The first kappa shape index (κ1) is 13.3. The molecule has 1 aromatic carbocycles. The molecule has 4 heteroatoms. The molecule has 4 nitrogen and oxygen atoms in total. The van der Waals surface area contributed by atoms with Gasteiger partial charge in [0, 0.05) is 25.4 Å². The van der Waals surface area contributed by atoms with Gasteiger partial charge in [-0.2, -0.15) is 5.10 Å². The summed E-state index contributed by atoms with van der Waals surface area (Å²) in [5, 5.41) is 7.16. The zero-order chi connectivity index (χ0) is 13.8. The van der Waals surface area contributed by atoms with Crippen LogP contribution in [-0.4, -0.2) is 15.7 Å². The zero-order valence-corrected chi connectivity index (χ0v) is 11.6. The molecular formula is C15H19N3O. The zero-order valence-electron chi connectivity index (χ0n) is 11.6. The van der Waals surface area contributed by atoms with Gasteiger partial charge < -0.3 is 5.32 Å². The van der Waals surface area contributed by atoms with Crippen LogP contribution in [0.3, 0.4) is 0 Å². The number of aryl methyl sites for hydroxylation is 1. The lowest BCUT2D eigenvalue weighted by molar-refractivity contribution is 0.0944. The second-order valence-electron chi connectivity index (χ2n) is 4.93. The third-order valence-corrected chi connectivity index (χ3v) is 2.99. The number of aromatic nitrogens is 2. The monoisotopic (exact) mass is 257 g/mol. The molecule has 1 heterocycles. The highest BCUT2D eigenvalue weighted by molar-refractivity contribution is 5.93. The first-order valence-corrected chi connectivity index (χ1v) is 6.43. The van der Waals surface area contributed by atoms with Crippen LogP contribution in [0.1, 0.15) is 41.4 Å². The molecule has 0 fully saturated rings.